The van der Waals surface area contributed by atoms with Gasteiger partial charge in [-0.25, -0.2) is 4.39 Å². The molecule has 2 nitrogen and oxygen atoms in total. The van der Waals surface area contributed by atoms with E-state index in [1.54, 1.807) is 11.8 Å². The van der Waals surface area contributed by atoms with Crippen LogP contribution in [0.4, 0.5) is 4.39 Å². The van der Waals surface area contributed by atoms with E-state index in [4.69, 9.17) is 0 Å². The monoisotopic (exact) mass is 317 g/mol. The molecule has 1 atom stereocenters. The van der Waals surface area contributed by atoms with Crippen LogP contribution in [0.25, 0.3) is 0 Å². The van der Waals surface area contributed by atoms with E-state index in [-0.39, 0.29) is 12.5 Å². The van der Waals surface area contributed by atoms with Crippen molar-refractivity contribution in [3.05, 3.63) is 35.9 Å². The highest BCUT2D eigenvalue weighted by Crippen LogP contribution is 2.37. The summed E-state index contributed by atoms with van der Waals surface area (Å²) in [5.74, 6) is 1.29. The standard InChI is InChI=1S/C20H28FNO/c1-20(21)12-5-13-22(15-20)19(23)14-16-8-10-18(11-9-16)17-6-3-2-4-7-17/h2-4,6-7,16,18H,5,8-15H2,1H3. The summed E-state index contributed by atoms with van der Waals surface area (Å²) in [5.41, 5.74) is 0.236. The van der Waals surface area contributed by atoms with E-state index in [1.165, 1.54) is 18.4 Å². The summed E-state index contributed by atoms with van der Waals surface area (Å²) in [6, 6.07) is 10.7. The number of hydrogen-bond donors (Lipinski definition) is 0. The highest BCUT2D eigenvalue weighted by atomic mass is 19.1. The zero-order chi connectivity index (χ0) is 16.3. The number of carbonyl (C=O) groups excluding carboxylic acids is 1. The minimum atomic E-state index is -1.20. The second-order valence-electron chi connectivity index (χ2n) is 7.66. The number of benzene rings is 1. The molecule has 3 rings (SSSR count). The molecule has 0 aromatic heterocycles. The number of rotatable bonds is 3. The van der Waals surface area contributed by atoms with Crippen LogP contribution in [0.5, 0.6) is 0 Å². The van der Waals surface area contributed by atoms with E-state index in [0.29, 0.717) is 24.7 Å². The molecule has 1 saturated carbocycles. The minimum absolute atomic E-state index is 0.164. The van der Waals surface area contributed by atoms with E-state index < -0.39 is 5.67 Å². The van der Waals surface area contributed by atoms with Crippen molar-refractivity contribution in [3.63, 3.8) is 0 Å². The Balaban J connectivity index is 1.48. The molecular weight excluding hydrogens is 289 g/mol. The predicted octanol–water partition coefficient (Wildman–Crippen LogP) is 4.70. The molecule has 3 heteroatoms. The summed E-state index contributed by atoms with van der Waals surface area (Å²) in [6.45, 7) is 2.64. The van der Waals surface area contributed by atoms with Crippen LogP contribution in [0.15, 0.2) is 30.3 Å². The van der Waals surface area contributed by atoms with E-state index >= 15 is 0 Å². The normalized spacial score (nSPS) is 31.8. The van der Waals surface area contributed by atoms with E-state index in [2.05, 4.69) is 30.3 Å². The second-order valence-corrected chi connectivity index (χ2v) is 7.66. The molecule has 1 amide bonds. The van der Waals surface area contributed by atoms with Gasteiger partial charge in [0, 0.05) is 13.0 Å². The number of amides is 1. The van der Waals surface area contributed by atoms with E-state index in [1.807, 2.05) is 0 Å². The van der Waals surface area contributed by atoms with Gasteiger partial charge in [0.15, 0.2) is 0 Å². The molecule has 1 aliphatic heterocycles. The Morgan fingerprint density at radius 2 is 1.91 bits per heavy atom. The number of nitrogens with zero attached hydrogens (tertiary/aromatic N) is 1. The van der Waals surface area contributed by atoms with Crippen molar-refractivity contribution in [2.75, 3.05) is 13.1 Å². The molecule has 0 radical (unpaired) electrons. The summed E-state index contributed by atoms with van der Waals surface area (Å²) in [7, 11) is 0. The van der Waals surface area contributed by atoms with Gasteiger partial charge in [-0.15, -0.1) is 0 Å². The molecule has 1 heterocycles. The molecule has 0 bridgehead atoms. The molecule has 1 aromatic rings. The number of carbonyl (C=O) groups is 1. The van der Waals surface area contributed by atoms with Crippen LogP contribution in [-0.2, 0) is 4.79 Å². The maximum absolute atomic E-state index is 14.1. The molecule has 23 heavy (non-hydrogen) atoms. The molecule has 0 spiro atoms. The Bertz CT molecular complexity index is 520. The Hall–Kier alpha value is -1.38. The summed E-state index contributed by atoms with van der Waals surface area (Å²) in [5, 5.41) is 0. The highest BCUT2D eigenvalue weighted by Gasteiger charge is 2.34. The summed E-state index contributed by atoms with van der Waals surface area (Å²) in [6.07, 6.45) is 6.56. The first-order valence-electron chi connectivity index (χ1n) is 9.05. The van der Waals surface area contributed by atoms with Crippen molar-refractivity contribution < 1.29 is 9.18 Å². The van der Waals surface area contributed by atoms with Crippen LogP contribution in [0.1, 0.15) is 63.4 Å². The number of halogens is 1. The fourth-order valence-corrected chi connectivity index (χ4v) is 4.21. The van der Waals surface area contributed by atoms with E-state index in [0.717, 1.165) is 25.8 Å². The van der Waals surface area contributed by atoms with Gasteiger partial charge < -0.3 is 4.90 Å². The maximum atomic E-state index is 14.1. The van der Waals surface area contributed by atoms with Gasteiger partial charge >= 0.3 is 0 Å². The first kappa shape index (κ1) is 16.5. The van der Waals surface area contributed by atoms with Crippen molar-refractivity contribution in [2.24, 2.45) is 5.92 Å². The first-order chi connectivity index (χ1) is 11.0. The lowest BCUT2D eigenvalue weighted by Gasteiger charge is -2.36. The smallest absolute Gasteiger partial charge is 0.222 e. The summed E-state index contributed by atoms with van der Waals surface area (Å²) < 4.78 is 14.1. The average Bonchev–Trinajstić information content (AvgIpc) is 2.55. The topological polar surface area (TPSA) is 20.3 Å². The fraction of sp³-hybridized carbons (Fsp3) is 0.650. The number of hydrogen-bond acceptors (Lipinski definition) is 1. The van der Waals surface area contributed by atoms with Crippen LogP contribution in [-0.4, -0.2) is 29.6 Å². The Kier molecular flexibility index (Phi) is 5.03. The van der Waals surface area contributed by atoms with Gasteiger partial charge in [0.2, 0.25) is 5.91 Å². The number of piperidine rings is 1. The highest BCUT2D eigenvalue weighted by molar-refractivity contribution is 5.76. The van der Waals surface area contributed by atoms with Gasteiger partial charge in [-0.3, -0.25) is 4.79 Å². The zero-order valence-corrected chi connectivity index (χ0v) is 14.1. The Morgan fingerprint density at radius 1 is 1.22 bits per heavy atom. The van der Waals surface area contributed by atoms with E-state index in [9.17, 15) is 9.18 Å². The van der Waals surface area contributed by atoms with Crippen LogP contribution in [0.2, 0.25) is 0 Å². The van der Waals surface area contributed by atoms with Gasteiger partial charge in [0.1, 0.15) is 5.67 Å². The molecule has 2 fully saturated rings. The molecule has 1 saturated heterocycles. The lowest BCUT2D eigenvalue weighted by atomic mass is 9.77. The van der Waals surface area contributed by atoms with Crippen LogP contribution in [0.3, 0.4) is 0 Å². The van der Waals surface area contributed by atoms with Crippen molar-refractivity contribution in [3.8, 4) is 0 Å². The lowest BCUT2D eigenvalue weighted by Crippen LogP contribution is -2.46. The van der Waals surface area contributed by atoms with Gasteiger partial charge in [0.05, 0.1) is 6.54 Å². The van der Waals surface area contributed by atoms with Crippen molar-refractivity contribution in [1.82, 2.24) is 4.90 Å². The molecular formula is C20H28FNO. The van der Waals surface area contributed by atoms with Gasteiger partial charge in [-0.1, -0.05) is 30.3 Å². The minimum Gasteiger partial charge on any atom is -0.339 e. The van der Waals surface area contributed by atoms with Gasteiger partial charge in [-0.2, -0.15) is 0 Å². The molecule has 1 unspecified atom stereocenters. The zero-order valence-electron chi connectivity index (χ0n) is 14.1. The van der Waals surface area contributed by atoms with Crippen LogP contribution >= 0.6 is 0 Å². The van der Waals surface area contributed by atoms with Crippen molar-refractivity contribution in [2.45, 2.75) is 63.5 Å². The average molecular weight is 317 g/mol. The summed E-state index contributed by atoms with van der Waals surface area (Å²) >= 11 is 0. The molecule has 126 valence electrons. The number of alkyl halides is 1. The van der Waals surface area contributed by atoms with Crippen LogP contribution < -0.4 is 0 Å². The van der Waals surface area contributed by atoms with Gasteiger partial charge in [0.25, 0.3) is 0 Å². The second kappa shape index (κ2) is 7.02. The third kappa shape index (κ3) is 4.33. The third-order valence-electron chi connectivity index (χ3n) is 5.58. The van der Waals surface area contributed by atoms with Crippen molar-refractivity contribution in [1.29, 1.82) is 0 Å². The molecule has 0 N–H and O–H groups in total. The molecule has 1 aromatic carbocycles. The fourth-order valence-electron chi connectivity index (χ4n) is 4.21. The largest absolute Gasteiger partial charge is 0.339 e. The van der Waals surface area contributed by atoms with Gasteiger partial charge in [-0.05, 0) is 62.8 Å². The first-order valence-corrected chi connectivity index (χ1v) is 9.05. The quantitative estimate of drug-likeness (QED) is 0.791. The maximum Gasteiger partial charge on any atom is 0.222 e. The number of likely N-dealkylation sites (tertiary alicyclic amines) is 1. The molecule has 1 aliphatic carbocycles. The van der Waals surface area contributed by atoms with Crippen molar-refractivity contribution >= 4 is 5.91 Å². The van der Waals surface area contributed by atoms with Crippen LogP contribution in [0, 0.1) is 5.92 Å². The third-order valence-corrected chi connectivity index (χ3v) is 5.58. The lowest BCUT2D eigenvalue weighted by molar-refractivity contribution is -0.136. The Morgan fingerprint density at radius 3 is 2.57 bits per heavy atom. The Labute approximate surface area is 139 Å². The predicted molar refractivity (Wildman–Crippen MR) is 91.1 cm³/mol. The molecule has 2 aliphatic rings. The summed E-state index contributed by atoms with van der Waals surface area (Å²) in [4.78, 5) is 14.2. The SMILES string of the molecule is CC1(F)CCCN(C(=O)CC2CCC(c3ccccc3)CC2)C1.